The van der Waals surface area contributed by atoms with Crippen molar-refractivity contribution >= 4 is 29.3 Å². The molecule has 2 atom stereocenters. The average Bonchev–Trinajstić information content (AvgIpc) is 2.80. The number of benzene rings is 2. The Morgan fingerprint density at radius 3 is 2.53 bits per heavy atom. The Balaban J connectivity index is 1.49. The highest BCUT2D eigenvalue weighted by atomic mass is 19.1. The van der Waals surface area contributed by atoms with E-state index in [2.05, 4.69) is 5.32 Å². The van der Waals surface area contributed by atoms with E-state index in [1.165, 1.54) is 24.0 Å². The van der Waals surface area contributed by atoms with Gasteiger partial charge >= 0.3 is 6.03 Å². The Labute approximate surface area is 197 Å². The zero-order valence-electron chi connectivity index (χ0n) is 19.2. The molecule has 0 aliphatic carbocycles. The minimum Gasteiger partial charge on any atom is -0.337 e. The summed E-state index contributed by atoms with van der Waals surface area (Å²) in [5, 5.41) is 2.82. The van der Waals surface area contributed by atoms with Crippen molar-refractivity contribution in [3.63, 3.8) is 0 Å². The van der Waals surface area contributed by atoms with Crippen molar-refractivity contribution < 1.29 is 23.6 Å². The molecule has 0 spiro atoms. The molecule has 2 aliphatic heterocycles. The van der Waals surface area contributed by atoms with Crippen LogP contribution in [-0.2, 0) is 16.0 Å². The van der Waals surface area contributed by atoms with Gasteiger partial charge in [0, 0.05) is 30.8 Å². The van der Waals surface area contributed by atoms with E-state index in [1.807, 2.05) is 0 Å². The fraction of sp³-hybridized carbons (Fsp3) is 0.360. The normalized spacial score (nSPS) is 20.3. The number of hydrogen-bond acceptors (Lipinski definition) is 4. The van der Waals surface area contributed by atoms with Gasteiger partial charge in [0.05, 0.1) is 6.54 Å². The lowest BCUT2D eigenvalue weighted by atomic mass is 10.0. The van der Waals surface area contributed by atoms with Crippen LogP contribution in [0.1, 0.15) is 36.2 Å². The number of piperazine rings is 1. The number of anilines is 1. The fourth-order valence-electron chi connectivity index (χ4n) is 4.52. The molecule has 0 radical (unpaired) electrons. The molecule has 178 valence electrons. The minimum absolute atomic E-state index is 0.0674. The second-order valence-corrected chi connectivity index (χ2v) is 8.63. The van der Waals surface area contributed by atoms with Crippen molar-refractivity contribution in [2.75, 3.05) is 25.0 Å². The summed E-state index contributed by atoms with van der Waals surface area (Å²) < 4.78 is 13.5. The van der Waals surface area contributed by atoms with Crippen molar-refractivity contribution in [2.45, 2.75) is 38.9 Å². The summed E-state index contributed by atoms with van der Waals surface area (Å²) in [5.74, 6) is -0.755. The van der Waals surface area contributed by atoms with Crippen molar-refractivity contribution in [3.05, 3.63) is 65.5 Å². The molecule has 4 amide bonds. The number of Topliss-reactive ketones (excluding diaryl/α,β-unsaturated/α-hetero) is 1. The zero-order chi connectivity index (χ0) is 24.4. The Hall–Kier alpha value is -3.75. The number of hydrogen-bond donors (Lipinski definition) is 1. The topological polar surface area (TPSA) is 90.0 Å². The lowest BCUT2D eigenvalue weighted by molar-refractivity contribution is -0.165. The van der Waals surface area contributed by atoms with Crippen LogP contribution in [0.5, 0.6) is 0 Å². The number of carbonyl (C=O) groups is 4. The summed E-state index contributed by atoms with van der Waals surface area (Å²) in [6.45, 7) is 3.91. The molecule has 0 unspecified atom stereocenters. The Bertz CT molecular complexity index is 1120. The summed E-state index contributed by atoms with van der Waals surface area (Å²) in [6.07, 6.45) is -0.00221. The van der Waals surface area contributed by atoms with Gasteiger partial charge in [-0.1, -0.05) is 12.1 Å². The molecule has 1 N–H and O–H groups in total. The van der Waals surface area contributed by atoms with Gasteiger partial charge in [0.1, 0.15) is 18.0 Å². The first kappa shape index (κ1) is 23.4. The van der Waals surface area contributed by atoms with Crippen LogP contribution >= 0.6 is 0 Å². The summed E-state index contributed by atoms with van der Waals surface area (Å²) in [5.41, 5.74) is 1.84. The average molecular weight is 467 g/mol. The predicted molar refractivity (Wildman–Crippen MR) is 124 cm³/mol. The molecule has 9 heteroatoms. The Morgan fingerprint density at radius 1 is 1.12 bits per heavy atom. The molecular weight excluding hydrogens is 439 g/mol. The van der Waals surface area contributed by atoms with Gasteiger partial charge in [-0.2, -0.15) is 0 Å². The lowest BCUT2D eigenvalue weighted by Gasteiger charge is -2.51. The van der Waals surface area contributed by atoms with E-state index in [1.54, 1.807) is 53.1 Å². The molecule has 2 saturated heterocycles. The van der Waals surface area contributed by atoms with E-state index < -0.39 is 12.2 Å². The molecular formula is C25H27FN4O4. The van der Waals surface area contributed by atoms with Crippen LogP contribution in [0.4, 0.5) is 14.9 Å². The fourth-order valence-corrected chi connectivity index (χ4v) is 4.52. The van der Waals surface area contributed by atoms with Gasteiger partial charge in [-0.05, 0) is 62.2 Å². The monoisotopic (exact) mass is 466 g/mol. The van der Waals surface area contributed by atoms with Crippen LogP contribution in [0.2, 0.25) is 0 Å². The maximum absolute atomic E-state index is 13.5. The number of rotatable bonds is 5. The second-order valence-electron chi connectivity index (χ2n) is 8.63. The van der Waals surface area contributed by atoms with Crippen LogP contribution in [0.15, 0.2) is 48.5 Å². The summed E-state index contributed by atoms with van der Waals surface area (Å²) in [6, 6.07) is 11.7. The molecule has 8 nitrogen and oxygen atoms in total. The molecule has 0 aromatic heterocycles. The number of amides is 4. The molecule has 2 heterocycles. The van der Waals surface area contributed by atoms with E-state index >= 15 is 0 Å². The molecule has 2 fully saturated rings. The second kappa shape index (κ2) is 9.62. The van der Waals surface area contributed by atoms with Crippen LogP contribution in [-0.4, -0.2) is 70.2 Å². The van der Waals surface area contributed by atoms with Gasteiger partial charge < -0.3 is 20.0 Å². The maximum Gasteiger partial charge on any atom is 0.323 e. The van der Waals surface area contributed by atoms with Crippen LogP contribution in [0, 0.1) is 5.82 Å². The van der Waals surface area contributed by atoms with Gasteiger partial charge in [0.15, 0.2) is 5.78 Å². The van der Waals surface area contributed by atoms with Crippen LogP contribution in [0.3, 0.4) is 0 Å². The molecule has 0 saturated carbocycles. The van der Waals surface area contributed by atoms with E-state index in [0.717, 1.165) is 5.56 Å². The molecule has 2 aliphatic rings. The smallest absolute Gasteiger partial charge is 0.323 e. The van der Waals surface area contributed by atoms with Crippen molar-refractivity contribution in [1.82, 2.24) is 14.7 Å². The minimum atomic E-state index is -0.704. The number of carbonyl (C=O) groups excluding carboxylic acids is 4. The first-order chi connectivity index (χ1) is 16.2. The Morgan fingerprint density at radius 2 is 1.85 bits per heavy atom. The summed E-state index contributed by atoms with van der Waals surface area (Å²) >= 11 is 0. The zero-order valence-corrected chi connectivity index (χ0v) is 19.2. The van der Waals surface area contributed by atoms with Gasteiger partial charge in [-0.25, -0.2) is 9.18 Å². The molecule has 0 bridgehead atoms. The number of nitrogens with zero attached hydrogens (tertiary/aromatic N) is 3. The third-order valence-corrected chi connectivity index (χ3v) is 6.37. The molecule has 4 rings (SSSR count). The number of fused-ring (bicyclic) bond motifs is 1. The Kier molecular flexibility index (Phi) is 6.63. The maximum atomic E-state index is 13.5. The number of ketones is 1. The van der Waals surface area contributed by atoms with E-state index in [9.17, 15) is 23.6 Å². The van der Waals surface area contributed by atoms with Gasteiger partial charge in [-0.3, -0.25) is 14.4 Å². The first-order valence-corrected chi connectivity index (χ1v) is 11.3. The molecule has 34 heavy (non-hydrogen) atoms. The highest BCUT2D eigenvalue weighted by Gasteiger charge is 2.46. The number of halogens is 1. The number of urea groups is 1. The van der Waals surface area contributed by atoms with E-state index in [4.69, 9.17) is 0 Å². The van der Waals surface area contributed by atoms with Gasteiger partial charge in [0.25, 0.3) is 0 Å². The van der Waals surface area contributed by atoms with Gasteiger partial charge in [-0.15, -0.1) is 0 Å². The van der Waals surface area contributed by atoms with E-state index in [0.29, 0.717) is 24.2 Å². The van der Waals surface area contributed by atoms with Crippen LogP contribution in [0.25, 0.3) is 0 Å². The molecule has 2 aromatic carbocycles. The number of nitrogens with one attached hydrogen (secondary N) is 1. The highest BCUT2D eigenvalue weighted by Crippen LogP contribution is 2.26. The third kappa shape index (κ3) is 4.78. The predicted octanol–water partition coefficient (Wildman–Crippen LogP) is 2.89. The largest absolute Gasteiger partial charge is 0.337 e. The van der Waals surface area contributed by atoms with Crippen LogP contribution < -0.4 is 5.32 Å². The van der Waals surface area contributed by atoms with Crippen molar-refractivity contribution in [1.29, 1.82) is 0 Å². The van der Waals surface area contributed by atoms with Gasteiger partial charge in [0.2, 0.25) is 11.8 Å². The summed E-state index contributed by atoms with van der Waals surface area (Å²) in [4.78, 5) is 54.9. The first-order valence-electron chi connectivity index (χ1n) is 11.3. The van der Waals surface area contributed by atoms with Crippen molar-refractivity contribution in [2.24, 2.45) is 0 Å². The summed E-state index contributed by atoms with van der Waals surface area (Å²) in [7, 11) is 0. The molecule has 2 aromatic rings. The standard InChI is InChI=1S/C25H27FN4O4/c1-16-24(33)28(12-10-18-4-3-5-20(26)14-18)15-22-29(13-11-23(32)30(16)22)25(34)27-21-8-6-19(7-9-21)17(2)31/h3-9,14,16,22H,10-13,15H2,1-2H3,(H,27,34)/t16-,22+/m0/s1. The highest BCUT2D eigenvalue weighted by molar-refractivity contribution is 5.96. The third-order valence-electron chi connectivity index (χ3n) is 6.37. The van der Waals surface area contributed by atoms with Crippen molar-refractivity contribution in [3.8, 4) is 0 Å². The quantitative estimate of drug-likeness (QED) is 0.687. The SMILES string of the molecule is CC(=O)c1ccc(NC(=O)N2CCC(=O)N3[C@@H]2CN(CCc2cccc(F)c2)C(=O)[C@@H]3C)cc1. The lowest BCUT2D eigenvalue weighted by Crippen LogP contribution is -2.71. The van der Waals surface area contributed by atoms with E-state index in [-0.39, 0.29) is 49.0 Å².